The number of nitrogens with zero attached hydrogens (tertiary/aromatic N) is 2. The molecule has 0 saturated heterocycles. The van der Waals surface area contributed by atoms with Gasteiger partial charge in [-0.2, -0.15) is 0 Å². The summed E-state index contributed by atoms with van der Waals surface area (Å²) in [4.78, 5) is 4.81. The number of para-hydroxylation sites is 1. The summed E-state index contributed by atoms with van der Waals surface area (Å²) in [6, 6.07) is 12.4. The summed E-state index contributed by atoms with van der Waals surface area (Å²) in [7, 11) is 2.04. The second-order valence-electron chi connectivity index (χ2n) is 5.47. The Balaban J connectivity index is 1.99. The van der Waals surface area contributed by atoms with Crippen LogP contribution in [-0.4, -0.2) is 16.1 Å². The van der Waals surface area contributed by atoms with Crippen molar-refractivity contribution in [2.45, 2.75) is 13.0 Å². The van der Waals surface area contributed by atoms with Gasteiger partial charge in [0.2, 0.25) is 0 Å². The van der Waals surface area contributed by atoms with Gasteiger partial charge in [-0.25, -0.2) is 4.98 Å². The Bertz CT molecular complexity index is 835. The molecule has 0 unspecified atom stereocenters. The van der Waals surface area contributed by atoms with E-state index < -0.39 is 0 Å². The summed E-state index contributed by atoms with van der Waals surface area (Å²) in [5.41, 5.74) is 5.96. The maximum atomic E-state index is 6.34. The van der Waals surface area contributed by atoms with Crippen LogP contribution >= 0.6 is 11.6 Å². The van der Waals surface area contributed by atoms with Gasteiger partial charge >= 0.3 is 0 Å². The van der Waals surface area contributed by atoms with Crippen LogP contribution in [0.5, 0.6) is 0 Å². The largest absolute Gasteiger partial charge is 0.326 e. The number of hydrogen-bond donors (Lipinski definition) is 1. The van der Waals surface area contributed by atoms with Gasteiger partial charge in [-0.15, -0.1) is 0 Å². The lowest BCUT2D eigenvalue weighted by molar-refractivity contribution is 0.644. The number of nitrogens with one attached hydrogen (secondary N) is 1. The van der Waals surface area contributed by atoms with Gasteiger partial charge in [0, 0.05) is 19.2 Å². The van der Waals surface area contributed by atoms with Crippen molar-refractivity contribution < 1.29 is 0 Å². The summed E-state index contributed by atoms with van der Waals surface area (Å²) < 4.78 is 2.11. The minimum Gasteiger partial charge on any atom is -0.326 e. The lowest BCUT2D eigenvalue weighted by Gasteiger charge is -2.20. The van der Waals surface area contributed by atoms with Crippen molar-refractivity contribution in [2.75, 3.05) is 6.54 Å². The molecule has 0 atom stereocenters. The van der Waals surface area contributed by atoms with Gasteiger partial charge in [-0.05, 0) is 36.2 Å². The van der Waals surface area contributed by atoms with Crippen molar-refractivity contribution in [3.63, 3.8) is 0 Å². The molecular weight excluding hydrogens is 282 g/mol. The average molecular weight is 298 g/mol. The van der Waals surface area contributed by atoms with E-state index in [-0.39, 0.29) is 0 Å². The molecule has 1 N–H and O–H groups in total. The standard InChI is InChI=1S/C17H16ClN3/c1-21-16-14(18)6-3-7-15(16)20-17(21)13-5-2-4-11-10-19-9-8-12(11)13/h2-7,19H,8-10H2,1H3. The summed E-state index contributed by atoms with van der Waals surface area (Å²) in [5, 5.41) is 4.17. The van der Waals surface area contributed by atoms with Gasteiger partial charge in [0.1, 0.15) is 5.82 Å². The highest BCUT2D eigenvalue weighted by atomic mass is 35.5. The van der Waals surface area contributed by atoms with Gasteiger partial charge in [0.25, 0.3) is 0 Å². The lowest BCUT2D eigenvalue weighted by atomic mass is 9.95. The van der Waals surface area contributed by atoms with Crippen LogP contribution in [0.2, 0.25) is 5.02 Å². The second kappa shape index (κ2) is 4.86. The summed E-state index contributed by atoms with van der Waals surface area (Å²) >= 11 is 6.34. The maximum Gasteiger partial charge on any atom is 0.141 e. The Morgan fingerprint density at radius 3 is 2.90 bits per heavy atom. The SMILES string of the molecule is Cn1c(-c2cccc3c2CCNC3)nc2cccc(Cl)c21. The van der Waals surface area contributed by atoms with E-state index in [4.69, 9.17) is 16.6 Å². The van der Waals surface area contributed by atoms with Crippen LogP contribution in [-0.2, 0) is 20.0 Å². The zero-order valence-electron chi connectivity index (χ0n) is 11.9. The molecule has 3 nitrogen and oxygen atoms in total. The number of imidazole rings is 1. The number of benzene rings is 2. The van der Waals surface area contributed by atoms with Crippen molar-refractivity contribution in [1.82, 2.24) is 14.9 Å². The van der Waals surface area contributed by atoms with Crippen LogP contribution in [0.25, 0.3) is 22.4 Å². The minimum absolute atomic E-state index is 0.750. The van der Waals surface area contributed by atoms with Crippen LogP contribution in [0.3, 0.4) is 0 Å². The first-order chi connectivity index (χ1) is 10.3. The quantitative estimate of drug-likeness (QED) is 0.744. The van der Waals surface area contributed by atoms with E-state index in [0.29, 0.717) is 0 Å². The molecule has 1 aromatic heterocycles. The molecule has 0 aliphatic carbocycles. The van der Waals surface area contributed by atoms with Crippen molar-refractivity contribution in [3.05, 3.63) is 52.5 Å². The molecule has 21 heavy (non-hydrogen) atoms. The number of halogens is 1. The zero-order valence-corrected chi connectivity index (χ0v) is 12.6. The number of aromatic nitrogens is 2. The fraction of sp³-hybridized carbons (Fsp3) is 0.235. The molecule has 0 spiro atoms. The summed E-state index contributed by atoms with van der Waals surface area (Å²) in [5.74, 6) is 0.997. The first-order valence-electron chi connectivity index (χ1n) is 7.18. The molecule has 3 aromatic rings. The fourth-order valence-corrected chi connectivity index (χ4v) is 3.50. The number of aryl methyl sites for hydroxylation is 1. The molecule has 1 aliphatic heterocycles. The van der Waals surface area contributed by atoms with Crippen LogP contribution < -0.4 is 5.32 Å². The Morgan fingerprint density at radius 2 is 2.05 bits per heavy atom. The highest BCUT2D eigenvalue weighted by Gasteiger charge is 2.18. The molecule has 0 fully saturated rings. The highest BCUT2D eigenvalue weighted by molar-refractivity contribution is 6.35. The Morgan fingerprint density at radius 1 is 1.19 bits per heavy atom. The second-order valence-corrected chi connectivity index (χ2v) is 5.88. The number of fused-ring (bicyclic) bond motifs is 2. The van der Waals surface area contributed by atoms with Crippen LogP contribution in [0, 0.1) is 0 Å². The van der Waals surface area contributed by atoms with Gasteiger partial charge in [0.15, 0.2) is 0 Å². The van der Waals surface area contributed by atoms with Crippen LogP contribution in [0.1, 0.15) is 11.1 Å². The average Bonchev–Trinajstić information content (AvgIpc) is 2.85. The first-order valence-corrected chi connectivity index (χ1v) is 7.56. The fourth-order valence-electron chi connectivity index (χ4n) is 3.20. The number of rotatable bonds is 1. The third-order valence-electron chi connectivity index (χ3n) is 4.23. The van der Waals surface area contributed by atoms with Gasteiger partial charge in [-0.3, -0.25) is 0 Å². The molecule has 0 saturated carbocycles. The van der Waals surface area contributed by atoms with E-state index in [1.165, 1.54) is 16.7 Å². The van der Waals surface area contributed by atoms with E-state index >= 15 is 0 Å². The molecule has 0 amide bonds. The van der Waals surface area contributed by atoms with Crippen molar-refractivity contribution >= 4 is 22.6 Å². The van der Waals surface area contributed by atoms with E-state index in [1.54, 1.807) is 0 Å². The molecule has 4 heteroatoms. The molecule has 2 aromatic carbocycles. The summed E-state index contributed by atoms with van der Waals surface area (Å²) in [6.45, 7) is 1.96. The molecule has 0 radical (unpaired) electrons. The van der Waals surface area contributed by atoms with Crippen LogP contribution in [0.4, 0.5) is 0 Å². The molecule has 4 rings (SSSR count). The van der Waals surface area contributed by atoms with Crippen molar-refractivity contribution in [1.29, 1.82) is 0 Å². The third-order valence-corrected chi connectivity index (χ3v) is 4.53. The molecule has 106 valence electrons. The topological polar surface area (TPSA) is 29.9 Å². The Labute approximate surface area is 128 Å². The smallest absolute Gasteiger partial charge is 0.141 e. The molecule has 1 aliphatic rings. The predicted molar refractivity (Wildman–Crippen MR) is 86.6 cm³/mol. The lowest BCUT2D eigenvalue weighted by Crippen LogP contribution is -2.24. The van der Waals surface area contributed by atoms with Gasteiger partial charge < -0.3 is 9.88 Å². The third kappa shape index (κ3) is 1.96. The number of hydrogen-bond acceptors (Lipinski definition) is 2. The Hall–Kier alpha value is -1.84. The van der Waals surface area contributed by atoms with E-state index in [2.05, 4.69) is 28.1 Å². The van der Waals surface area contributed by atoms with Gasteiger partial charge in [0.05, 0.1) is 16.1 Å². The van der Waals surface area contributed by atoms with Gasteiger partial charge in [-0.1, -0.05) is 35.9 Å². The first kappa shape index (κ1) is 12.9. The van der Waals surface area contributed by atoms with E-state index in [0.717, 1.165) is 41.4 Å². The zero-order chi connectivity index (χ0) is 14.4. The van der Waals surface area contributed by atoms with Crippen molar-refractivity contribution in [3.8, 4) is 11.4 Å². The predicted octanol–water partition coefficient (Wildman–Crippen LogP) is 3.54. The summed E-state index contributed by atoms with van der Waals surface area (Å²) in [6.07, 6.45) is 1.04. The molecule has 0 bridgehead atoms. The van der Waals surface area contributed by atoms with E-state index in [9.17, 15) is 0 Å². The molecule has 2 heterocycles. The normalized spacial score (nSPS) is 14.4. The molecular formula is C17H16ClN3. The van der Waals surface area contributed by atoms with E-state index in [1.807, 2.05) is 25.2 Å². The van der Waals surface area contributed by atoms with Crippen LogP contribution in [0.15, 0.2) is 36.4 Å². The van der Waals surface area contributed by atoms with Crippen molar-refractivity contribution in [2.24, 2.45) is 7.05 Å². The highest BCUT2D eigenvalue weighted by Crippen LogP contribution is 2.32. The Kier molecular flexibility index (Phi) is 2.98. The minimum atomic E-state index is 0.750. The monoisotopic (exact) mass is 297 g/mol. The maximum absolute atomic E-state index is 6.34.